The molecule has 2 rings (SSSR count). The average molecular weight is 312 g/mol. The van der Waals surface area contributed by atoms with E-state index in [0.29, 0.717) is 23.6 Å². The molecule has 1 amide bonds. The van der Waals surface area contributed by atoms with Gasteiger partial charge in [0.05, 0.1) is 12.5 Å². The summed E-state index contributed by atoms with van der Waals surface area (Å²) in [5.74, 6) is -1.24. The highest BCUT2D eigenvalue weighted by atomic mass is 35.5. The lowest BCUT2D eigenvalue weighted by molar-refractivity contribution is -0.139. The molecule has 1 fully saturated rings. The van der Waals surface area contributed by atoms with Gasteiger partial charge in [-0.3, -0.25) is 9.59 Å². The highest BCUT2D eigenvalue weighted by Crippen LogP contribution is 2.22. The molecule has 21 heavy (non-hydrogen) atoms. The molecule has 0 spiro atoms. The fourth-order valence-electron chi connectivity index (χ4n) is 2.36. The molecule has 0 saturated carbocycles. The molecule has 114 valence electrons. The fourth-order valence-corrected chi connectivity index (χ4v) is 2.56. The van der Waals surface area contributed by atoms with Crippen molar-refractivity contribution in [3.05, 3.63) is 34.9 Å². The van der Waals surface area contributed by atoms with Crippen molar-refractivity contribution in [1.82, 2.24) is 5.32 Å². The molecule has 2 unspecified atom stereocenters. The molecular weight excluding hydrogens is 294 g/mol. The number of aliphatic carboxylic acids is 1. The molecular formula is C15H18ClNO4. The van der Waals surface area contributed by atoms with Gasteiger partial charge in [0.1, 0.15) is 6.10 Å². The number of ether oxygens (including phenoxy) is 1. The first kappa shape index (κ1) is 15.8. The first-order valence-electron chi connectivity index (χ1n) is 6.95. The Kier molecular flexibility index (Phi) is 5.59. The molecule has 1 aromatic carbocycles. The second kappa shape index (κ2) is 7.43. The third kappa shape index (κ3) is 4.72. The average Bonchev–Trinajstić information content (AvgIpc) is 2.47. The minimum Gasteiger partial charge on any atom is -0.481 e. The smallest absolute Gasteiger partial charge is 0.305 e. The third-order valence-corrected chi connectivity index (χ3v) is 3.65. The molecule has 1 aromatic rings. The number of hydrogen-bond acceptors (Lipinski definition) is 3. The standard InChI is InChI=1S/C15H18ClNO4/c16-11-5-3-4-10(8-11)12(9-14(18)19)17-15(20)13-6-1-2-7-21-13/h3-5,8,12-13H,1-2,6-7,9H2,(H,17,20)(H,18,19). The van der Waals surface area contributed by atoms with Crippen LogP contribution in [0.1, 0.15) is 37.3 Å². The number of halogens is 1. The number of carboxylic acids is 1. The quantitative estimate of drug-likeness (QED) is 0.876. The van der Waals surface area contributed by atoms with Crippen LogP contribution in [0.2, 0.25) is 5.02 Å². The van der Waals surface area contributed by atoms with E-state index in [1.807, 2.05) is 0 Å². The summed E-state index contributed by atoms with van der Waals surface area (Å²) < 4.78 is 5.42. The van der Waals surface area contributed by atoms with Crippen LogP contribution in [0.3, 0.4) is 0 Å². The Morgan fingerprint density at radius 1 is 1.43 bits per heavy atom. The van der Waals surface area contributed by atoms with Crippen molar-refractivity contribution in [2.45, 2.75) is 37.8 Å². The Morgan fingerprint density at radius 3 is 2.86 bits per heavy atom. The molecule has 2 N–H and O–H groups in total. The number of amides is 1. The summed E-state index contributed by atoms with van der Waals surface area (Å²) in [6.07, 6.45) is 1.88. The van der Waals surface area contributed by atoms with Gasteiger partial charge in [0, 0.05) is 11.6 Å². The molecule has 1 saturated heterocycles. The Labute approximate surface area is 128 Å². The molecule has 1 aliphatic rings. The zero-order valence-electron chi connectivity index (χ0n) is 11.5. The van der Waals surface area contributed by atoms with E-state index in [0.717, 1.165) is 12.8 Å². The number of rotatable bonds is 5. The third-order valence-electron chi connectivity index (χ3n) is 3.42. The molecule has 1 heterocycles. The van der Waals surface area contributed by atoms with Crippen molar-refractivity contribution < 1.29 is 19.4 Å². The van der Waals surface area contributed by atoms with Gasteiger partial charge in [-0.05, 0) is 37.0 Å². The second-order valence-electron chi connectivity index (χ2n) is 5.07. The predicted molar refractivity (Wildman–Crippen MR) is 78.2 cm³/mol. The van der Waals surface area contributed by atoms with Crippen LogP contribution in [-0.2, 0) is 14.3 Å². The van der Waals surface area contributed by atoms with Crippen molar-refractivity contribution in [1.29, 1.82) is 0 Å². The SMILES string of the molecule is O=C(O)CC(NC(=O)C1CCCCO1)c1cccc(Cl)c1. The Morgan fingerprint density at radius 2 is 2.24 bits per heavy atom. The van der Waals surface area contributed by atoms with E-state index in [2.05, 4.69) is 5.32 Å². The van der Waals surface area contributed by atoms with E-state index in [-0.39, 0.29) is 12.3 Å². The van der Waals surface area contributed by atoms with Crippen molar-refractivity contribution in [3.63, 3.8) is 0 Å². The zero-order chi connectivity index (χ0) is 15.2. The highest BCUT2D eigenvalue weighted by molar-refractivity contribution is 6.30. The van der Waals surface area contributed by atoms with Crippen LogP contribution < -0.4 is 5.32 Å². The lowest BCUT2D eigenvalue weighted by atomic mass is 10.0. The molecule has 2 atom stereocenters. The second-order valence-corrected chi connectivity index (χ2v) is 5.51. The normalized spacial score (nSPS) is 19.8. The Bertz CT molecular complexity index is 514. The van der Waals surface area contributed by atoms with E-state index in [4.69, 9.17) is 21.4 Å². The van der Waals surface area contributed by atoms with E-state index < -0.39 is 18.1 Å². The first-order chi connectivity index (χ1) is 10.1. The summed E-state index contributed by atoms with van der Waals surface area (Å²) in [5, 5.41) is 12.3. The van der Waals surface area contributed by atoms with Gasteiger partial charge in [-0.15, -0.1) is 0 Å². The van der Waals surface area contributed by atoms with Crippen molar-refractivity contribution in [2.24, 2.45) is 0 Å². The van der Waals surface area contributed by atoms with Crippen LogP contribution in [0.25, 0.3) is 0 Å². The van der Waals surface area contributed by atoms with Crippen LogP contribution in [0.5, 0.6) is 0 Å². The van der Waals surface area contributed by atoms with E-state index in [9.17, 15) is 9.59 Å². The zero-order valence-corrected chi connectivity index (χ0v) is 12.3. The molecule has 0 aliphatic carbocycles. The lowest BCUT2D eigenvalue weighted by Crippen LogP contribution is -2.40. The summed E-state index contributed by atoms with van der Waals surface area (Å²) in [6.45, 7) is 0.568. The number of carboxylic acid groups (broad SMARTS) is 1. The van der Waals surface area contributed by atoms with Crippen molar-refractivity contribution in [2.75, 3.05) is 6.61 Å². The molecule has 5 nitrogen and oxygen atoms in total. The molecule has 0 bridgehead atoms. The monoisotopic (exact) mass is 311 g/mol. The summed E-state index contributed by atoms with van der Waals surface area (Å²) in [7, 11) is 0. The van der Waals surface area contributed by atoms with Crippen molar-refractivity contribution >= 4 is 23.5 Å². The maximum atomic E-state index is 12.2. The van der Waals surface area contributed by atoms with Gasteiger partial charge < -0.3 is 15.2 Å². The Hall–Kier alpha value is -1.59. The van der Waals surface area contributed by atoms with Crippen LogP contribution >= 0.6 is 11.6 Å². The van der Waals surface area contributed by atoms with E-state index >= 15 is 0 Å². The number of nitrogens with one attached hydrogen (secondary N) is 1. The maximum Gasteiger partial charge on any atom is 0.305 e. The minimum absolute atomic E-state index is 0.196. The van der Waals surface area contributed by atoms with E-state index in [1.165, 1.54) is 0 Å². The summed E-state index contributed by atoms with van der Waals surface area (Å²) in [5.41, 5.74) is 0.675. The van der Waals surface area contributed by atoms with Gasteiger partial charge in [-0.25, -0.2) is 0 Å². The van der Waals surface area contributed by atoms with Crippen LogP contribution in [0.15, 0.2) is 24.3 Å². The summed E-state index contributed by atoms with van der Waals surface area (Å²) in [6, 6.07) is 6.24. The minimum atomic E-state index is -0.982. The molecule has 6 heteroatoms. The van der Waals surface area contributed by atoms with Crippen LogP contribution in [0, 0.1) is 0 Å². The van der Waals surface area contributed by atoms with Gasteiger partial charge in [-0.2, -0.15) is 0 Å². The number of carbonyl (C=O) groups excluding carboxylic acids is 1. The van der Waals surface area contributed by atoms with Crippen LogP contribution in [0.4, 0.5) is 0 Å². The van der Waals surface area contributed by atoms with Crippen LogP contribution in [-0.4, -0.2) is 29.7 Å². The van der Waals surface area contributed by atoms with Gasteiger partial charge in [0.15, 0.2) is 0 Å². The number of benzene rings is 1. The van der Waals surface area contributed by atoms with Gasteiger partial charge >= 0.3 is 5.97 Å². The molecule has 0 aromatic heterocycles. The predicted octanol–water partition coefficient (Wildman–Crippen LogP) is 2.54. The van der Waals surface area contributed by atoms with Gasteiger partial charge in [0.25, 0.3) is 0 Å². The van der Waals surface area contributed by atoms with Crippen molar-refractivity contribution in [3.8, 4) is 0 Å². The highest BCUT2D eigenvalue weighted by Gasteiger charge is 2.26. The summed E-state index contributed by atoms with van der Waals surface area (Å²) >= 11 is 5.93. The maximum absolute atomic E-state index is 12.2. The number of hydrogen-bond donors (Lipinski definition) is 2. The van der Waals surface area contributed by atoms with Gasteiger partial charge in [0.2, 0.25) is 5.91 Å². The first-order valence-corrected chi connectivity index (χ1v) is 7.33. The lowest BCUT2D eigenvalue weighted by Gasteiger charge is -2.25. The Balaban J connectivity index is 2.08. The molecule has 1 aliphatic heterocycles. The summed E-state index contributed by atoms with van der Waals surface area (Å²) in [4.78, 5) is 23.2. The molecule has 0 radical (unpaired) electrons. The topological polar surface area (TPSA) is 75.6 Å². The number of carbonyl (C=O) groups is 2. The largest absolute Gasteiger partial charge is 0.481 e. The van der Waals surface area contributed by atoms with E-state index in [1.54, 1.807) is 24.3 Å². The fraction of sp³-hybridized carbons (Fsp3) is 0.467. The van der Waals surface area contributed by atoms with Gasteiger partial charge in [-0.1, -0.05) is 23.7 Å².